The molecule has 1 atom stereocenters. The number of fused-ring (bicyclic) bond motifs is 1. The molecule has 0 saturated heterocycles. The van der Waals surface area contributed by atoms with Gasteiger partial charge in [0.15, 0.2) is 0 Å². The van der Waals surface area contributed by atoms with Gasteiger partial charge in [-0.1, -0.05) is 37.5 Å². The van der Waals surface area contributed by atoms with Gasteiger partial charge in [-0.2, -0.15) is 0 Å². The Hall–Kier alpha value is -2.21. The highest BCUT2D eigenvalue weighted by Gasteiger charge is 2.10. The average Bonchev–Trinajstić information content (AvgIpc) is 2.88. The number of nitrogens with one attached hydrogen (secondary N) is 2. The van der Waals surface area contributed by atoms with E-state index >= 15 is 0 Å². The van der Waals surface area contributed by atoms with Crippen LogP contribution in [0.2, 0.25) is 0 Å². The zero-order valence-electron chi connectivity index (χ0n) is 11.8. The Morgan fingerprint density at radius 1 is 1.45 bits per heavy atom. The van der Waals surface area contributed by atoms with E-state index in [0.29, 0.717) is 6.42 Å². The molecule has 0 spiro atoms. The van der Waals surface area contributed by atoms with Crippen LogP contribution in [0.3, 0.4) is 0 Å². The lowest BCUT2D eigenvalue weighted by Crippen LogP contribution is -2.33. The molecule has 3 heteroatoms. The van der Waals surface area contributed by atoms with E-state index < -0.39 is 0 Å². The van der Waals surface area contributed by atoms with Crippen molar-refractivity contribution < 1.29 is 4.79 Å². The van der Waals surface area contributed by atoms with E-state index in [9.17, 15) is 4.79 Å². The zero-order chi connectivity index (χ0) is 14.4. The van der Waals surface area contributed by atoms with Crippen molar-refractivity contribution in [2.45, 2.75) is 38.6 Å². The minimum Gasteiger partial charge on any atom is -0.361 e. The lowest BCUT2D eigenvalue weighted by Gasteiger charge is -2.11. The van der Waals surface area contributed by atoms with E-state index in [4.69, 9.17) is 6.42 Å². The molecule has 2 N–H and O–H groups in total. The summed E-state index contributed by atoms with van der Waals surface area (Å²) in [4.78, 5) is 15.1. The largest absolute Gasteiger partial charge is 0.361 e. The number of para-hydroxylation sites is 1. The summed E-state index contributed by atoms with van der Waals surface area (Å²) < 4.78 is 0. The Kier molecular flexibility index (Phi) is 4.84. The fourth-order valence-corrected chi connectivity index (χ4v) is 2.34. The van der Waals surface area contributed by atoms with E-state index in [1.807, 2.05) is 24.4 Å². The number of benzene rings is 1. The maximum Gasteiger partial charge on any atom is 0.221 e. The van der Waals surface area contributed by atoms with Gasteiger partial charge in [0.05, 0.1) is 6.04 Å². The first-order valence-corrected chi connectivity index (χ1v) is 7.05. The number of H-pyrrole nitrogens is 1. The van der Waals surface area contributed by atoms with Crippen LogP contribution in [-0.2, 0) is 11.2 Å². The molecule has 1 amide bonds. The van der Waals surface area contributed by atoms with Crippen LogP contribution in [0.25, 0.3) is 10.9 Å². The van der Waals surface area contributed by atoms with Gasteiger partial charge in [0.25, 0.3) is 0 Å². The smallest absolute Gasteiger partial charge is 0.221 e. The Bertz CT molecular complexity index is 621. The van der Waals surface area contributed by atoms with Crippen molar-refractivity contribution in [2.24, 2.45) is 0 Å². The second kappa shape index (κ2) is 6.81. The van der Waals surface area contributed by atoms with Gasteiger partial charge in [0.1, 0.15) is 0 Å². The SMILES string of the molecule is C#CC(CCC)NC(=O)CCc1c[nH]c2ccccc12. The van der Waals surface area contributed by atoms with Gasteiger partial charge in [-0.05, 0) is 24.5 Å². The van der Waals surface area contributed by atoms with Crippen LogP contribution >= 0.6 is 0 Å². The van der Waals surface area contributed by atoms with Crippen LogP contribution in [-0.4, -0.2) is 16.9 Å². The van der Waals surface area contributed by atoms with Gasteiger partial charge in [0, 0.05) is 23.5 Å². The number of aromatic amines is 1. The number of hydrogen-bond donors (Lipinski definition) is 2. The number of aryl methyl sites for hydroxylation is 1. The molecule has 104 valence electrons. The van der Waals surface area contributed by atoms with E-state index in [0.717, 1.165) is 24.8 Å². The standard InChI is InChI=1S/C17H20N2O/c1-3-7-14(4-2)19-17(20)11-10-13-12-18-16-9-6-5-8-15(13)16/h2,5-6,8-9,12,14,18H,3,7,10-11H2,1H3,(H,19,20). The van der Waals surface area contributed by atoms with Gasteiger partial charge in [0.2, 0.25) is 5.91 Å². The predicted octanol–water partition coefficient (Wildman–Crippen LogP) is 3.02. The molecule has 0 aliphatic heterocycles. The fraction of sp³-hybridized carbons (Fsp3) is 0.353. The van der Waals surface area contributed by atoms with Gasteiger partial charge < -0.3 is 10.3 Å². The molecular weight excluding hydrogens is 248 g/mol. The van der Waals surface area contributed by atoms with Gasteiger partial charge in [-0.25, -0.2) is 0 Å². The average molecular weight is 268 g/mol. The van der Waals surface area contributed by atoms with E-state index in [-0.39, 0.29) is 11.9 Å². The first kappa shape index (κ1) is 14.2. The highest BCUT2D eigenvalue weighted by atomic mass is 16.1. The number of carbonyl (C=O) groups excluding carboxylic acids is 1. The summed E-state index contributed by atoms with van der Waals surface area (Å²) in [5.74, 6) is 2.64. The minimum absolute atomic E-state index is 0.0201. The summed E-state index contributed by atoms with van der Waals surface area (Å²) in [5.41, 5.74) is 2.28. The summed E-state index contributed by atoms with van der Waals surface area (Å²) in [6, 6.07) is 7.97. The molecule has 0 fully saturated rings. The van der Waals surface area contributed by atoms with E-state index in [2.05, 4.69) is 29.2 Å². The van der Waals surface area contributed by atoms with Crippen LogP contribution in [0.15, 0.2) is 30.5 Å². The first-order chi connectivity index (χ1) is 9.74. The number of carbonyl (C=O) groups is 1. The van der Waals surface area contributed by atoms with Crippen LogP contribution < -0.4 is 5.32 Å². The first-order valence-electron chi connectivity index (χ1n) is 7.05. The Balaban J connectivity index is 1.92. The predicted molar refractivity (Wildman–Crippen MR) is 82.3 cm³/mol. The summed E-state index contributed by atoms with van der Waals surface area (Å²) in [6.45, 7) is 2.06. The monoisotopic (exact) mass is 268 g/mol. The van der Waals surface area contributed by atoms with Crippen molar-refractivity contribution in [1.82, 2.24) is 10.3 Å². The third-order valence-corrected chi connectivity index (χ3v) is 3.41. The topological polar surface area (TPSA) is 44.9 Å². The molecule has 2 aromatic rings. The third kappa shape index (κ3) is 3.42. The molecule has 1 heterocycles. The lowest BCUT2D eigenvalue weighted by atomic mass is 10.1. The second-order valence-corrected chi connectivity index (χ2v) is 4.93. The van der Waals surface area contributed by atoms with Crippen LogP contribution in [0.5, 0.6) is 0 Å². The van der Waals surface area contributed by atoms with Crippen molar-refractivity contribution in [3.63, 3.8) is 0 Å². The Morgan fingerprint density at radius 2 is 2.25 bits per heavy atom. The van der Waals surface area contributed by atoms with Gasteiger partial charge in [-0.15, -0.1) is 6.42 Å². The molecule has 0 radical (unpaired) electrons. The molecule has 0 aliphatic carbocycles. The van der Waals surface area contributed by atoms with Crippen molar-refractivity contribution >= 4 is 16.8 Å². The molecule has 0 bridgehead atoms. The zero-order valence-corrected chi connectivity index (χ0v) is 11.8. The number of amides is 1. The third-order valence-electron chi connectivity index (χ3n) is 3.41. The molecule has 20 heavy (non-hydrogen) atoms. The van der Waals surface area contributed by atoms with Crippen molar-refractivity contribution in [3.05, 3.63) is 36.0 Å². The summed E-state index contributed by atoms with van der Waals surface area (Å²) >= 11 is 0. The Morgan fingerprint density at radius 3 is 3.00 bits per heavy atom. The fourth-order valence-electron chi connectivity index (χ4n) is 2.34. The lowest BCUT2D eigenvalue weighted by molar-refractivity contribution is -0.121. The molecule has 0 aliphatic rings. The van der Waals surface area contributed by atoms with Gasteiger partial charge >= 0.3 is 0 Å². The highest BCUT2D eigenvalue weighted by Crippen LogP contribution is 2.18. The highest BCUT2D eigenvalue weighted by molar-refractivity contribution is 5.84. The minimum atomic E-state index is -0.143. The summed E-state index contributed by atoms with van der Waals surface area (Å²) in [6.07, 6.45) is 10.4. The van der Waals surface area contributed by atoms with Crippen molar-refractivity contribution in [1.29, 1.82) is 0 Å². The normalized spacial score (nSPS) is 12.0. The van der Waals surface area contributed by atoms with Crippen molar-refractivity contribution in [3.8, 4) is 12.3 Å². The maximum atomic E-state index is 11.9. The number of rotatable bonds is 6. The quantitative estimate of drug-likeness (QED) is 0.777. The molecule has 1 aromatic carbocycles. The summed E-state index contributed by atoms with van der Waals surface area (Å²) in [5, 5.41) is 4.08. The molecule has 2 rings (SSSR count). The molecule has 1 aromatic heterocycles. The van der Waals surface area contributed by atoms with E-state index in [1.165, 1.54) is 10.9 Å². The maximum absolute atomic E-state index is 11.9. The molecule has 1 unspecified atom stereocenters. The second-order valence-electron chi connectivity index (χ2n) is 4.93. The van der Waals surface area contributed by atoms with E-state index in [1.54, 1.807) is 0 Å². The Labute approximate surface area is 119 Å². The number of terminal acetylenes is 1. The van der Waals surface area contributed by atoms with Crippen LogP contribution in [0, 0.1) is 12.3 Å². The summed E-state index contributed by atoms with van der Waals surface area (Å²) in [7, 11) is 0. The molecule has 3 nitrogen and oxygen atoms in total. The van der Waals surface area contributed by atoms with Crippen LogP contribution in [0.4, 0.5) is 0 Å². The van der Waals surface area contributed by atoms with Crippen molar-refractivity contribution in [2.75, 3.05) is 0 Å². The number of hydrogen-bond acceptors (Lipinski definition) is 1. The molecular formula is C17H20N2O. The molecule has 0 saturated carbocycles. The van der Waals surface area contributed by atoms with Gasteiger partial charge in [-0.3, -0.25) is 4.79 Å². The van der Waals surface area contributed by atoms with Crippen LogP contribution in [0.1, 0.15) is 31.7 Å². The number of aromatic nitrogens is 1.